The molecule has 0 unspecified atom stereocenters. The Bertz CT molecular complexity index is 1390. The number of carbonyl (C=O) groups is 1. The largest absolute Gasteiger partial charge is 0.489 e. The van der Waals surface area contributed by atoms with E-state index in [4.69, 9.17) is 19.1 Å². The van der Waals surface area contributed by atoms with Crippen molar-refractivity contribution in [1.29, 1.82) is 0 Å². The van der Waals surface area contributed by atoms with Crippen molar-refractivity contribution in [2.24, 2.45) is 10.3 Å². The molecule has 0 radical (unpaired) electrons. The van der Waals surface area contributed by atoms with E-state index in [9.17, 15) is 9.90 Å². The van der Waals surface area contributed by atoms with Gasteiger partial charge in [0.2, 0.25) is 0 Å². The quantitative estimate of drug-likeness (QED) is 0.171. The van der Waals surface area contributed by atoms with Crippen molar-refractivity contribution in [3.8, 4) is 17.2 Å². The number of ether oxygens (including phenoxy) is 2. The molecule has 0 bridgehead atoms. The fourth-order valence-corrected chi connectivity index (χ4v) is 3.57. The highest BCUT2D eigenvalue weighted by Crippen LogP contribution is 2.19. The average molecular weight is 525 g/mol. The second kappa shape index (κ2) is 14.0. The Morgan fingerprint density at radius 3 is 1.90 bits per heavy atom. The molecule has 4 rings (SSSR count). The molecule has 0 fully saturated rings. The molecule has 8 heteroatoms. The maximum atomic E-state index is 11.3. The van der Waals surface area contributed by atoms with Gasteiger partial charge in [0.05, 0.1) is 12.1 Å². The lowest BCUT2D eigenvalue weighted by molar-refractivity contribution is -0.135. The van der Waals surface area contributed by atoms with Crippen LogP contribution in [0.3, 0.4) is 0 Å². The summed E-state index contributed by atoms with van der Waals surface area (Å²) in [6, 6.07) is 33.4. The van der Waals surface area contributed by atoms with E-state index in [1.165, 1.54) is 7.11 Å². The molecule has 1 N–H and O–H groups in total. The molecule has 0 atom stereocenters. The van der Waals surface area contributed by atoms with Crippen LogP contribution in [0, 0.1) is 0 Å². The highest BCUT2D eigenvalue weighted by Gasteiger charge is 2.11. The summed E-state index contributed by atoms with van der Waals surface area (Å²) < 4.78 is 11.8. The van der Waals surface area contributed by atoms with Crippen molar-refractivity contribution < 1.29 is 29.0 Å². The van der Waals surface area contributed by atoms with E-state index in [-0.39, 0.29) is 13.0 Å². The summed E-state index contributed by atoms with van der Waals surface area (Å²) in [5, 5.41) is 17.4. The summed E-state index contributed by atoms with van der Waals surface area (Å²) in [5.41, 5.74) is 3.52. The normalized spacial score (nSPS) is 11.5. The first-order valence-electron chi connectivity index (χ1n) is 12.2. The van der Waals surface area contributed by atoms with Crippen LogP contribution in [0.25, 0.3) is 0 Å². The van der Waals surface area contributed by atoms with E-state index in [2.05, 4.69) is 10.3 Å². The molecular weight excluding hydrogens is 496 g/mol. The molecule has 8 nitrogen and oxygen atoms in total. The molecule has 4 aromatic carbocycles. The van der Waals surface area contributed by atoms with Gasteiger partial charge in [-0.1, -0.05) is 71.0 Å². The van der Waals surface area contributed by atoms with Gasteiger partial charge in [-0.15, -0.1) is 0 Å². The van der Waals surface area contributed by atoms with Crippen molar-refractivity contribution in [2.45, 2.75) is 13.0 Å². The van der Waals surface area contributed by atoms with Gasteiger partial charge in [0.15, 0.2) is 5.75 Å². The molecule has 0 aliphatic carbocycles. The molecule has 0 saturated heterocycles. The molecule has 0 heterocycles. The van der Waals surface area contributed by atoms with Crippen LogP contribution >= 0.6 is 0 Å². The first-order chi connectivity index (χ1) is 19.1. The second-order valence-corrected chi connectivity index (χ2v) is 8.35. The Morgan fingerprint density at radius 2 is 1.26 bits per heavy atom. The van der Waals surface area contributed by atoms with Gasteiger partial charge in [-0.2, -0.15) is 0 Å². The van der Waals surface area contributed by atoms with Crippen molar-refractivity contribution in [1.82, 2.24) is 0 Å². The molecular formula is C31H28N2O6. The van der Waals surface area contributed by atoms with Gasteiger partial charge in [0.1, 0.15) is 37.5 Å². The Hall–Kier alpha value is -5.11. The van der Waals surface area contributed by atoms with Crippen molar-refractivity contribution in [2.75, 3.05) is 13.7 Å². The van der Waals surface area contributed by atoms with Crippen LogP contribution in [0.1, 0.15) is 23.1 Å². The van der Waals surface area contributed by atoms with Crippen LogP contribution in [0.4, 0.5) is 0 Å². The predicted molar refractivity (Wildman–Crippen MR) is 149 cm³/mol. The van der Waals surface area contributed by atoms with Crippen LogP contribution in [0.15, 0.2) is 120 Å². The standard InChI is InChI=1S/C31H28N2O6/c1-36-32-30(24-8-4-2-5-9-24)22-38-26-16-12-23(13-17-26)21-37-27-18-14-25(15-19-27)29(20-31(34)35)33-39-28-10-6-3-7-11-28/h2-19H,20-22H2,1H3,(H,34,35)/b32-30+,33-29-. The first kappa shape index (κ1) is 26.9. The SMILES string of the molecule is CO/N=C(\COc1ccc(COc2ccc(/C(CC(=O)O)=N\Oc3ccccc3)cc2)cc1)c1ccccc1. The number of hydrogen-bond acceptors (Lipinski definition) is 7. The van der Waals surface area contributed by atoms with Gasteiger partial charge in [-0.3, -0.25) is 4.79 Å². The van der Waals surface area contributed by atoms with Crippen LogP contribution in [-0.2, 0) is 16.2 Å². The Labute approximate surface area is 226 Å². The molecule has 4 aromatic rings. The zero-order chi connectivity index (χ0) is 27.3. The van der Waals surface area contributed by atoms with Crippen LogP contribution in [-0.4, -0.2) is 36.2 Å². The Kier molecular flexibility index (Phi) is 9.67. The number of aliphatic carboxylic acids is 1. The number of para-hydroxylation sites is 1. The van der Waals surface area contributed by atoms with Crippen LogP contribution in [0.5, 0.6) is 17.2 Å². The smallest absolute Gasteiger partial charge is 0.309 e. The van der Waals surface area contributed by atoms with E-state index >= 15 is 0 Å². The fraction of sp³-hybridized carbons (Fsp3) is 0.129. The first-order valence-corrected chi connectivity index (χ1v) is 12.2. The monoisotopic (exact) mass is 524 g/mol. The zero-order valence-corrected chi connectivity index (χ0v) is 21.4. The fourth-order valence-electron chi connectivity index (χ4n) is 3.57. The van der Waals surface area contributed by atoms with Crippen LogP contribution in [0.2, 0.25) is 0 Å². The van der Waals surface area contributed by atoms with E-state index in [1.807, 2.05) is 72.8 Å². The Morgan fingerprint density at radius 1 is 0.667 bits per heavy atom. The third-order valence-corrected chi connectivity index (χ3v) is 5.52. The Balaban J connectivity index is 1.32. The summed E-state index contributed by atoms with van der Waals surface area (Å²) in [5.74, 6) is 0.865. The highest BCUT2D eigenvalue weighted by molar-refractivity contribution is 6.08. The molecule has 0 aliphatic rings. The molecule has 0 aromatic heterocycles. The summed E-state index contributed by atoms with van der Waals surface area (Å²) >= 11 is 0. The third kappa shape index (κ3) is 8.46. The lowest BCUT2D eigenvalue weighted by atomic mass is 10.1. The second-order valence-electron chi connectivity index (χ2n) is 8.35. The number of carboxylic acid groups (broad SMARTS) is 1. The molecule has 0 spiro atoms. The maximum Gasteiger partial charge on any atom is 0.309 e. The summed E-state index contributed by atoms with van der Waals surface area (Å²) in [7, 11) is 1.51. The predicted octanol–water partition coefficient (Wildman–Crippen LogP) is 5.95. The summed E-state index contributed by atoms with van der Waals surface area (Å²) in [4.78, 5) is 21.7. The lowest BCUT2D eigenvalue weighted by Gasteiger charge is -2.11. The number of hydrogen-bond donors (Lipinski definition) is 1. The minimum absolute atomic E-state index is 0.267. The van der Waals surface area contributed by atoms with Gasteiger partial charge < -0.3 is 24.3 Å². The molecule has 39 heavy (non-hydrogen) atoms. The van der Waals surface area contributed by atoms with Crippen molar-refractivity contribution >= 4 is 17.4 Å². The molecule has 0 aliphatic heterocycles. The topological polar surface area (TPSA) is 98.9 Å². The van der Waals surface area contributed by atoms with Gasteiger partial charge in [-0.25, -0.2) is 0 Å². The van der Waals surface area contributed by atoms with E-state index in [0.717, 1.165) is 11.1 Å². The third-order valence-electron chi connectivity index (χ3n) is 5.52. The van der Waals surface area contributed by atoms with Gasteiger partial charge in [-0.05, 0) is 54.1 Å². The summed E-state index contributed by atoms with van der Waals surface area (Å²) in [6.45, 7) is 0.622. The van der Waals surface area contributed by atoms with E-state index in [0.29, 0.717) is 40.8 Å². The molecule has 0 saturated carbocycles. The lowest BCUT2D eigenvalue weighted by Crippen LogP contribution is -2.13. The average Bonchev–Trinajstić information content (AvgIpc) is 2.98. The maximum absolute atomic E-state index is 11.3. The number of oxime groups is 2. The number of carboxylic acids is 1. The zero-order valence-electron chi connectivity index (χ0n) is 21.4. The highest BCUT2D eigenvalue weighted by atomic mass is 16.6. The minimum atomic E-state index is -1.000. The minimum Gasteiger partial charge on any atom is -0.489 e. The van der Waals surface area contributed by atoms with Gasteiger partial charge in [0.25, 0.3) is 0 Å². The van der Waals surface area contributed by atoms with Gasteiger partial charge in [0, 0.05) is 11.1 Å². The molecule has 0 amide bonds. The number of benzene rings is 4. The van der Waals surface area contributed by atoms with E-state index < -0.39 is 5.97 Å². The molecule has 198 valence electrons. The van der Waals surface area contributed by atoms with Crippen LogP contribution < -0.4 is 14.3 Å². The number of rotatable bonds is 13. The van der Waals surface area contributed by atoms with Crippen molar-refractivity contribution in [3.63, 3.8) is 0 Å². The van der Waals surface area contributed by atoms with Crippen molar-refractivity contribution in [3.05, 3.63) is 126 Å². The van der Waals surface area contributed by atoms with Gasteiger partial charge >= 0.3 is 5.97 Å². The number of nitrogens with zero attached hydrogens (tertiary/aromatic N) is 2. The summed E-state index contributed by atoms with van der Waals surface area (Å²) in [6.07, 6.45) is -0.272. The van der Waals surface area contributed by atoms with E-state index in [1.54, 1.807) is 36.4 Å².